The van der Waals surface area contributed by atoms with Crippen LogP contribution in [0, 0.1) is 0 Å². The maximum Gasteiger partial charge on any atom is 0.305 e. The van der Waals surface area contributed by atoms with E-state index in [1.807, 2.05) is 0 Å². The van der Waals surface area contributed by atoms with Crippen molar-refractivity contribution in [2.24, 2.45) is 0 Å². The number of allylic oxidation sites excluding steroid dienone is 2. The lowest BCUT2D eigenvalue weighted by Gasteiger charge is -2.08. The van der Waals surface area contributed by atoms with Gasteiger partial charge in [-0.25, -0.2) is 0 Å². The van der Waals surface area contributed by atoms with Crippen LogP contribution in [0.4, 0.5) is 0 Å². The average molecular weight is 256 g/mol. The first-order chi connectivity index (χ1) is 8.70. The van der Waals surface area contributed by atoms with Gasteiger partial charge < -0.3 is 9.84 Å². The number of esters is 1. The quantitative estimate of drug-likeness (QED) is 0.349. The molecule has 18 heavy (non-hydrogen) atoms. The molecule has 0 aliphatic carbocycles. The molecule has 0 heterocycles. The number of aliphatic hydroxyl groups is 1. The Bertz CT molecular complexity index is 224. The maximum atomic E-state index is 11.1. The predicted octanol–water partition coefficient (Wildman–Crippen LogP) is 3.61. The lowest BCUT2D eigenvalue weighted by Crippen LogP contribution is -2.11. The molecule has 3 heteroatoms. The van der Waals surface area contributed by atoms with E-state index in [2.05, 4.69) is 19.1 Å². The first-order valence-electron chi connectivity index (χ1n) is 7.19. The summed E-state index contributed by atoms with van der Waals surface area (Å²) in [6, 6.07) is 0. The van der Waals surface area contributed by atoms with Gasteiger partial charge in [-0.1, -0.05) is 31.9 Å². The summed E-state index contributed by atoms with van der Waals surface area (Å²) in [6.07, 6.45) is 11.3. The molecule has 3 nitrogen and oxygen atoms in total. The van der Waals surface area contributed by atoms with E-state index in [0.717, 1.165) is 19.3 Å². The smallest absolute Gasteiger partial charge is 0.305 e. The third kappa shape index (κ3) is 11.6. The van der Waals surface area contributed by atoms with Gasteiger partial charge in [0.25, 0.3) is 0 Å². The zero-order valence-corrected chi connectivity index (χ0v) is 11.9. The van der Waals surface area contributed by atoms with Crippen LogP contribution in [0.25, 0.3) is 0 Å². The zero-order valence-electron chi connectivity index (χ0n) is 11.9. The second kappa shape index (κ2) is 12.6. The molecule has 1 N–H and O–H groups in total. The lowest BCUT2D eigenvalue weighted by atomic mass is 10.1. The van der Waals surface area contributed by atoms with Gasteiger partial charge in [0.1, 0.15) is 0 Å². The molecule has 0 amide bonds. The highest BCUT2D eigenvalue weighted by Gasteiger charge is 2.07. The topological polar surface area (TPSA) is 46.5 Å². The normalized spacial score (nSPS) is 12.8. The molecule has 0 fully saturated rings. The molecule has 106 valence electrons. The molecular formula is C15H28O3. The molecule has 1 atom stereocenters. The minimum absolute atomic E-state index is 0.216. The van der Waals surface area contributed by atoms with Gasteiger partial charge in [-0.15, -0.1) is 0 Å². The van der Waals surface area contributed by atoms with E-state index in [4.69, 9.17) is 4.74 Å². The summed E-state index contributed by atoms with van der Waals surface area (Å²) < 4.78 is 4.81. The number of carbonyl (C=O) groups excluding carboxylic acids is 1. The van der Waals surface area contributed by atoms with Gasteiger partial charge in [0.05, 0.1) is 12.7 Å². The van der Waals surface area contributed by atoms with Gasteiger partial charge in [0, 0.05) is 6.42 Å². The van der Waals surface area contributed by atoms with Crippen molar-refractivity contribution in [3.63, 3.8) is 0 Å². The van der Waals surface area contributed by atoms with Crippen LogP contribution in [0.3, 0.4) is 0 Å². The molecule has 0 saturated heterocycles. The molecule has 0 aromatic carbocycles. The van der Waals surface area contributed by atoms with E-state index in [-0.39, 0.29) is 5.97 Å². The Hall–Kier alpha value is -0.830. The summed E-state index contributed by atoms with van der Waals surface area (Å²) >= 11 is 0. The third-order valence-electron chi connectivity index (χ3n) is 2.79. The Balaban J connectivity index is 3.41. The summed E-state index contributed by atoms with van der Waals surface area (Å²) in [5, 5.41) is 9.67. The minimum atomic E-state index is -0.394. The Labute approximate surface area is 111 Å². The van der Waals surface area contributed by atoms with Crippen LogP contribution >= 0.6 is 0 Å². The van der Waals surface area contributed by atoms with Crippen LogP contribution in [-0.2, 0) is 9.53 Å². The monoisotopic (exact) mass is 256 g/mol. The van der Waals surface area contributed by atoms with Crippen molar-refractivity contribution >= 4 is 5.97 Å². The highest BCUT2D eigenvalue weighted by molar-refractivity contribution is 5.69. The second-order valence-electron chi connectivity index (χ2n) is 4.54. The van der Waals surface area contributed by atoms with Gasteiger partial charge in [-0.3, -0.25) is 4.79 Å². The SMILES string of the molecule is CCCCC/C=C\CCC(O)CCC(=O)OCC. The van der Waals surface area contributed by atoms with Crippen molar-refractivity contribution in [2.75, 3.05) is 6.61 Å². The van der Waals surface area contributed by atoms with Gasteiger partial charge in [0.2, 0.25) is 0 Å². The van der Waals surface area contributed by atoms with E-state index in [1.54, 1.807) is 6.92 Å². The van der Waals surface area contributed by atoms with Crippen LogP contribution < -0.4 is 0 Å². The Morgan fingerprint density at radius 3 is 2.56 bits per heavy atom. The van der Waals surface area contributed by atoms with Crippen molar-refractivity contribution < 1.29 is 14.6 Å². The largest absolute Gasteiger partial charge is 0.466 e. The van der Waals surface area contributed by atoms with E-state index in [0.29, 0.717) is 19.4 Å². The van der Waals surface area contributed by atoms with Gasteiger partial charge in [-0.2, -0.15) is 0 Å². The third-order valence-corrected chi connectivity index (χ3v) is 2.79. The number of hydrogen-bond acceptors (Lipinski definition) is 3. The number of rotatable bonds is 11. The van der Waals surface area contributed by atoms with Crippen molar-refractivity contribution in [3.8, 4) is 0 Å². The number of carbonyl (C=O) groups is 1. The fourth-order valence-corrected chi connectivity index (χ4v) is 1.70. The predicted molar refractivity (Wildman–Crippen MR) is 74.4 cm³/mol. The molecule has 0 bridgehead atoms. The van der Waals surface area contributed by atoms with E-state index < -0.39 is 6.10 Å². The highest BCUT2D eigenvalue weighted by atomic mass is 16.5. The molecule has 0 rings (SSSR count). The molecular weight excluding hydrogens is 228 g/mol. The van der Waals surface area contributed by atoms with Gasteiger partial charge in [0.15, 0.2) is 0 Å². The van der Waals surface area contributed by atoms with Crippen molar-refractivity contribution in [3.05, 3.63) is 12.2 Å². The molecule has 0 aromatic rings. The van der Waals surface area contributed by atoms with Crippen molar-refractivity contribution in [2.45, 2.75) is 71.3 Å². The van der Waals surface area contributed by atoms with Gasteiger partial charge >= 0.3 is 5.97 Å². The summed E-state index contributed by atoms with van der Waals surface area (Å²) in [5.74, 6) is -0.216. The molecule has 0 aliphatic rings. The van der Waals surface area contributed by atoms with E-state index in [9.17, 15) is 9.90 Å². The maximum absolute atomic E-state index is 11.1. The van der Waals surface area contributed by atoms with Crippen LogP contribution in [0.2, 0.25) is 0 Å². The first-order valence-corrected chi connectivity index (χ1v) is 7.19. The molecule has 0 saturated carbocycles. The molecule has 0 spiro atoms. The Morgan fingerprint density at radius 1 is 1.17 bits per heavy atom. The van der Waals surface area contributed by atoms with Crippen molar-refractivity contribution in [1.82, 2.24) is 0 Å². The summed E-state index contributed by atoms with van der Waals surface area (Å²) in [5.41, 5.74) is 0. The van der Waals surface area contributed by atoms with Crippen LogP contribution in [0.15, 0.2) is 12.2 Å². The Morgan fingerprint density at radius 2 is 1.89 bits per heavy atom. The van der Waals surface area contributed by atoms with Crippen LogP contribution in [-0.4, -0.2) is 23.8 Å². The van der Waals surface area contributed by atoms with Crippen molar-refractivity contribution in [1.29, 1.82) is 0 Å². The number of ether oxygens (including phenoxy) is 1. The molecule has 1 unspecified atom stereocenters. The fourth-order valence-electron chi connectivity index (χ4n) is 1.70. The second-order valence-corrected chi connectivity index (χ2v) is 4.54. The van der Waals surface area contributed by atoms with Gasteiger partial charge in [-0.05, 0) is 39.0 Å². The Kier molecular flexibility index (Phi) is 12.0. The fraction of sp³-hybridized carbons (Fsp3) is 0.800. The average Bonchev–Trinajstić information content (AvgIpc) is 2.35. The highest BCUT2D eigenvalue weighted by Crippen LogP contribution is 2.07. The van der Waals surface area contributed by atoms with Crippen LogP contribution in [0.1, 0.15) is 65.2 Å². The molecule has 0 radical (unpaired) electrons. The lowest BCUT2D eigenvalue weighted by molar-refractivity contribution is -0.143. The van der Waals surface area contributed by atoms with E-state index >= 15 is 0 Å². The summed E-state index contributed by atoms with van der Waals surface area (Å²) in [6.45, 7) is 4.40. The number of aliphatic hydroxyl groups excluding tert-OH is 1. The number of hydrogen-bond donors (Lipinski definition) is 1. The minimum Gasteiger partial charge on any atom is -0.466 e. The summed E-state index contributed by atoms with van der Waals surface area (Å²) in [7, 11) is 0. The number of unbranched alkanes of at least 4 members (excludes halogenated alkanes) is 3. The van der Waals surface area contributed by atoms with Crippen LogP contribution in [0.5, 0.6) is 0 Å². The summed E-state index contributed by atoms with van der Waals surface area (Å²) in [4.78, 5) is 11.1. The zero-order chi connectivity index (χ0) is 13.6. The molecule has 0 aliphatic heterocycles. The molecule has 0 aromatic heterocycles. The van der Waals surface area contributed by atoms with E-state index in [1.165, 1.54) is 19.3 Å². The first kappa shape index (κ1) is 17.2. The standard InChI is InChI=1S/C15H28O3/c1-3-5-6-7-8-9-10-11-14(16)12-13-15(17)18-4-2/h8-9,14,16H,3-7,10-13H2,1-2H3/b9-8-.